The molecule has 0 aliphatic carbocycles. The third-order valence-corrected chi connectivity index (χ3v) is 4.33. The molecule has 0 saturated heterocycles. The molecule has 0 bridgehead atoms. The third kappa shape index (κ3) is 5.98. The molecule has 1 aromatic carbocycles. The molecule has 1 N–H and O–H groups in total. The molecule has 5 nitrogen and oxygen atoms in total. The zero-order valence-corrected chi connectivity index (χ0v) is 13.8. The van der Waals surface area contributed by atoms with Crippen LogP contribution in [0.4, 0.5) is 17.6 Å². The fourth-order valence-electron chi connectivity index (χ4n) is 1.86. The second kappa shape index (κ2) is 8.26. The van der Waals surface area contributed by atoms with Crippen LogP contribution in [-0.2, 0) is 10.0 Å². The molecule has 1 amide bonds. The maximum atomic E-state index is 13.8. The lowest BCUT2D eigenvalue weighted by atomic mass is 10.2. The van der Waals surface area contributed by atoms with Gasteiger partial charge in [-0.25, -0.2) is 17.5 Å². The molecule has 1 aromatic rings. The number of halogens is 4. The lowest BCUT2D eigenvalue weighted by molar-refractivity contribution is -0.139. The normalized spacial score (nSPS) is 11.8. The van der Waals surface area contributed by atoms with Gasteiger partial charge in [0, 0.05) is 18.7 Å². The summed E-state index contributed by atoms with van der Waals surface area (Å²) in [6, 6.07) is 2.31. The average Bonchev–Trinajstić information content (AvgIpc) is 2.51. The molecular formula is C15H16F4N2O3S. The summed E-state index contributed by atoms with van der Waals surface area (Å²) in [4.78, 5) is 11.8. The number of nitrogens with zero attached hydrogens (tertiary/aromatic N) is 1. The quantitative estimate of drug-likeness (QED) is 0.557. The molecule has 25 heavy (non-hydrogen) atoms. The summed E-state index contributed by atoms with van der Waals surface area (Å²) in [7, 11) is -4.29. The molecule has 0 heterocycles. The molecular weight excluding hydrogens is 364 g/mol. The Balaban J connectivity index is 3.24. The van der Waals surface area contributed by atoms with E-state index in [2.05, 4.69) is 13.2 Å². The van der Waals surface area contributed by atoms with E-state index < -0.39 is 51.5 Å². The monoisotopic (exact) mass is 380 g/mol. The van der Waals surface area contributed by atoms with Crippen molar-refractivity contribution in [3.05, 3.63) is 54.9 Å². The maximum Gasteiger partial charge on any atom is 0.406 e. The smallest absolute Gasteiger partial charge is 0.326 e. The average molecular weight is 380 g/mol. The van der Waals surface area contributed by atoms with Gasteiger partial charge in [0.25, 0.3) is 5.91 Å². The van der Waals surface area contributed by atoms with Crippen LogP contribution in [0.1, 0.15) is 10.4 Å². The Bertz CT molecular complexity index is 761. The molecule has 0 spiro atoms. The first-order valence-electron chi connectivity index (χ1n) is 6.89. The summed E-state index contributed by atoms with van der Waals surface area (Å²) in [6.45, 7) is 4.44. The number of rotatable bonds is 8. The molecule has 0 radical (unpaired) electrons. The van der Waals surface area contributed by atoms with E-state index in [9.17, 15) is 30.8 Å². The highest BCUT2D eigenvalue weighted by molar-refractivity contribution is 7.89. The van der Waals surface area contributed by atoms with Crippen molar-refractivity contribution in [3.8, 4) is 0 Å². The van der Waals surface area contributed by atoms with Crippen molar-refractivity contribution >= 4 is 15.9 Å². The highest BCUT2D eigenvalue weighted by Gasteiger charge is 2.33. The van der Waals surface area contributed by atoms with Crippen LogP contribution in [0.15, 0.2) is 48.4 Å². The van der Waals surface area contributed by atoms with E-state index in [1.165, 1.54) is 6.08 Å². The molecule has 0 fully saturated rings. The van der Waals surface area contributed by atoms with Crippen molar-refractivity contribution in [1.82, 2.24) is 9.62 Å². The number of hydrogen-bond donors (Lipinski definition) is 1. The first-order valence-corrected chi connectivity index (χ1v) is 8.37. The van der Waals surface area contributed by atoms with Crippen molar-refractivity contribution in [3.63, 3.8) is 0 Å². The van der Waals surface area contributed by atoms with Crippen LogP contribution in [0.5, 0.6) is 0 Å². The summed E-state index contributed by atoms with van der Waals surface area (Å²) in [6.07, 6.45) is -2.34. The SMILES string of the molecule is C=CCNS(=O)(=O)c1cc(C(=O)N(CC=C)CC(F)(F)F)ccc1F. The summed E-state index contributed by atoms with van der Waals surface area (Å²) in [5, 5.41) is 0. The number of sulfonamides is 1. The predicted molar refractivity (Wildman–Crippen MR) is 83.9 cm³/mol. The van der Waals surface area contributed by atoms with Gasteiger partial charge in [0.15, 0.2) is 0 Å². The number of benzene rings is 1. The van der Waals surface area contributed by atoms with Crippen molar-refractivity contribution in [2.45, 2.75) is 11.1 Å². The molecule has 0 aromatic heterocycles. The van der Waals surface area contributed by atoms with E-state index in [0.29, 0.717) is 17.0 Å². The lowest BCUT2D eigenvalue weighted by Gasteiger charge is -2.22. The summed E-state index contributed by atoms with van der Waals surface area (Å²) < 4.78 is 77.5. The number of alkyl halides is 3. The van der Waals surface area contributed by atoms with Crippen molar-refractivity contribution in [1.29, 1.82) is 0 Å². The fourth-order valence-corrected chi connectivity index (χ4v) is 2.96. The van der Waals surface area contributed by atoms with Gasteiger partial charge in [-0.15, -0.1) is 13.2 Å². The Labute approximate surface area is 142 Å². The van der Waals surface area contributed by atoms with Gasteiger partial charge in [0.1, 0.15) is 17.3 Å². The Morgan fingerprint density at radius 2 is 1.88 bits per heavy atom. The van der Waals surface area contributed by atoms with Gasteiger partial charge in [-0.3, -0.25) is 4.79 Å². The van der Waals surface area contributed by atoms with E-state index >= 15 is 0 Å². The highest BCUT2D eigenvalue weighted by Crippen LogP contribution is 2.21. The Kier molecular flexibility index (Phi) is 6.88. The third-order valence-electron chi connectivity index (χ3n) is 2.89. The van der Waals surface area contributed by atoms with Gasteiger partial charge < -0.3 is 4.90 Å². The minimum Gasteiger partial charge on any atom is -0.326 e. The van der Waals surface area contributed by atoms with Crippen molar-refractivity contribution < 1.29 is 30.8 Å². The van der Waals surface area contributed by atoms with Gasteiger partial charge >= 0.3 is 6.18 Å². The number of amides is 1. The van der Waals surface area contributed by atoms with Crippen LogP contribution in [0.25, 0.3) is 0 Å². The van der Waals surface area contributed by atoms with Crippen molar-refractivity contribution in [2.75, 3.05) is 19.6 Å². The van der Waals surface area contributed by atoms with Crippen LogP contribution in [0, 0.1) is 5.82 Å². The first-order chi connectivity index (χ1) is 11.5. The Morgan fingerprint density at radius 3 is 2.40 bits per heavy atom. The van der Waals surface area contributed by atoms with E-state index in [4.69, 9.17) is 0 Å². The fraction of sp³-hybridized carbons (Fsp3) is 0.267. The molecule has 10 heteroatoms. The van der Waals surface area contributed by atoms with Crippen molar-refractivity contribution in [2.24, 2.45) is 0 Å². The molecule has 1 rings (SSSR count). The first kappa shape index (κ1) is 20.8. The van der Waals surface area contributed by atoms with Crippen LogP contribution < -0.4 is 4.72 Å². The zero-order valence-electron chi connectivity index (χ0n) is 13.0. The van der Waals surface area contributed by atoms with E-state index in [-0.39, 0.29) is 6.54 Å². The predicted octanol–water partition coefficient (Wildman–Crippen LogP) is 2.48. The molecule has 0 aliphatic heterocycles. The van der Waals surface area contributed by atoms with E-state index in [1.54, 1.807) is 0 Å². The second-order valence-electron chi connectivity index (χ2n) is 4.88. The number of carbonyl (C=O) groups is 1. The van der Waals surface area contributed by atoms with Gasteiger partial charge in [-0.1, -0.05) is 12.2 Å². The molecule has 0 saturated carbocycles. The number of hydrogen-bond acceptors (Lipinski definition) is 3. The van der Waals surface area contributed by atoms with Gasteiger partial charge in [0.2, 0.25) is 10.0 Å². The van der Waals surface area contributed by atoms with Crippen LogP contribution in [-0.4, -0.2) is 45.0 Å². The minimum absolute atomic E-state index is 0.184. The van der Waals surface area contributed by atoms with Gasteiger partial charge in [-0.2, -0.15) is 13.2 Å². The van der Waals surface area contributed by atoms with Crippen LogP contribution >= 0.6 is 0 Å². The summed E-state index contributed by atoms with van der Waals surface area (Å²) in [5.41, 5.74) is -0.397. The largest absolute Gasteiger partial charge is 0.406 e. The maximum absolute atomic E-state index is 13.8. The second-order valence-corrected chi connectivity index (χ2v) is 6.61. The highest BCUT2D eigenvalue weighted by atomic mass is 32.2. The van der Waals surface area contributed by atoms with Gasteiger partial charge in [-0.05, 0) is 18.2 Å². The van der Waals surface area contributed by atoms with Crippen LogP contribution in [0.3, 0.4) is 0 Å². The lowest BCUT2D eigenvalue weighted by Crippen LogP contribution is -2.39. The Morgan fingerprint density at radius 1 is 1.24 bits per heavy atom. The number of nitrogens with one attached hydrogen (secondary N) is 1. The standard InChI is InChI=1S/C15H16F4N2O3S/c1-3-7-20-25(23,24)13-9-11(5-6-12(13)16)14(22)21(8-4-2)10-15(17,18)19/h3-6,9,20H,1-2,7-8,10H2. The minimum atomic E-state index is -4.65. The van der Waals surface area contributed by atoms with E-state index in [0.717, 1.165) is 12.1 Å². The molecule has 0 aliphatic rings. The topological polar surface area (TPSA) is 66.5 Å². The summed E-state index contributed by atoms with van der Waals surface area (Å²) in [5.74, 6) is -2.24. The molecule has 0 unspecified atom stereocenters. The zero-order chi connectivity index (χ0) is 19.3. The van der Waals surface area contributed by atoms with E-state index in [1.807, 2.05) is 4.72 Å². The Hall–Kier alpha value is -2.20. The number of carbonyl (C=O) groups excluding carboxylic acids is 1. The summed E-state index contributed by atoms with van der Waals surface area (Å²) >= 11 is 0. The molecule has 138 valence electrons. The van der Waals surface area contributed by atoms with Crippen LogP contribution in [0.2, 0.25) is 0 Å². The van der Waals surface area contributed by atoms with Gasteiger partial charge in [0.05, 0.1) is 0 Å². The molecule has 0 atom stereocenters.